The summed E-state index contributed by atoms with van der Waals surface area (Å²) in [6.07, 6.45) is -0.628. The molecule has 0 aliphatic carbocycles. The summed E-state index contributed by atoms with van der Waals surface area (Å²) in [4.78, 5) is 52.4. The number of rotatable bonds is 10. The molecule has 222 valence electrons. The molecule has 1 heterocycles. The van der Waals surface area contributed by atoms with Crippen molar-refractivity contribution in [2.75, 3.05) is 6.54 Å². The summed E-state index contributed by atoms with van der Waals surface area (Å²) in [5, 5.41) is 5.19. The minimum Gasteiger partial charge on any atom is -0.444 e. The molecular weight excluding hydrogens is 541 g/mol. The van der Waals surface area contributed by atoms with E-state index in [1.807, 2.05) is 0 Å². The number of nitrogens with two attached hydrogens (primary N) is 1. The summed E-state index contributed by atoms with van der Waals surface area (Å²) in [6.45, 7) is 5.25. The van der Waals surface area contributed by atoms with E-state index < -0.39 is 71.4 Å². The van der Waals surface area contributed by atoms with Crippen LogP contribution in [0.15, 0.2) is 42.5 Å². The van der Waals surface area contributed by atoms with Gasteiger partial charge in [-0.3, -0.25) is 14.4 Å². The fraction of sp³-hybridized carbons (Fsp3) is 0.448. The smallest absolute Gasteiger partial charge is 0.408 e. The van der Waals surface area contributed by atoms with Crippen LogP contribution in [0, 0.1) is 17.5 Å². The topological polar surface area (TPSA) is 131 Å². The number of hydrogen-bond acceptors (Lipinski definition) is 5. The molecule has 4 amide bonds. The molecule has 0 bridgehead atoms. The van der Waals surface area contributed by atoms with Gasteiger partial charge >= 0.3 is 6.09 Å². The highest BCUT2D eigenvalue weighted by molar-refractivity contribution is 5.89. The lowest BCUT2D eigenvalue weighted by atomic mass is 9.99. The van der Waals surface area contributed by atoms with E-state index in [1.54, 1.807) is 51.1 Å². The summed E-state index contributed by atoms with van der Waals surface area (Å²) in [7, 11) is 0. The molecule has 1 saturated heterocycles. The molecule has 2 aromatic carbocycles. The maximum atomic E-state index is 14.6. The number of carbonyl (C=O) groups is 4. The Morgan fingerprint density at radius 3 is 2.29 bits per heavy atom. The van der Waals surface area contributed by atoms with E-state index in [9.17, 15) is 32.3 Å². The molecule has 12 heteroatoms. The molecule has 1 aliphatic rings. The van der Waals surface area contributed by atoms with Crippen molar-refractivity contribution in [1.29, 1.82) is 0 Å². The fourth-order valence-electron chi connectivity index (χ4n) is 4.66. The maximum Gasteiger partial charge on any atom is 0.408 e. The number of primary amides is 1. The Balaban J connectivity index is 1.87. The zero-order chi connectivity index (χ0) is 30.3. The van der Waals surface area contributed by atoms with Gasteiger partial charge in [0.05, 0.1) is 0 Å². The van der Waals surface area contributed by atoms with Crippen LogP contribution in [-0.4, -0.2) is 59.0 Å². The first-order valence-electron chi connectivity index (χ1n) is 13.3. The molecule has 2 unspecified atom stereocenters. The Labute approximate surface area is 236 Å². The Bertz CT molecular complexity index is 1270. The predicted molar refractivity (Wildman–Crippen MR) is 144 cm³/mol. The molecule has 0 radical (unpaired) electrons. The molecular formula is C29H35F3N4O5. The minimum absolute atomic E-state index is 0.0575. The van der Waals surface area contributed by atoms with Crippen molar-refractivity contribution in [3.63, 3.8) is 0 Å². The summed E-state index contributed by atoms with van der Waals surface area (Å²) in [5.41, 5.74) is 5.03. The van der Waals surface area contributed by atoms with Crippen LogP contribution < -0.4 is 16.4 Å². The number of carbonyl (C=O) groups excluding carboxylic acids is 4. The zero-order valence-electron chi connectivity index (χ0n) is 23.2. The van der Waals surface area contributed by atoms with Crippen LogP contribution in [0.1, 0.15) is 51.2 Å². The van der Waals surface area contributed by atoms with Crippen LogP contribution in [0.5, 0.6) is 0 Å². The van der Waals surface area contributed by atoms with Gasteiger partial charge in [-0.2, -0.15) is 0 Å². The number of nitrogens with zero attached hydrogens (tertiary/aromatic N) is 1. The van der Waals surface area contributed by atoms with E-state index in [0.29, 0.717) is 30.5 Å². The third kappa shape index (κ3) is 9.22. The summed E-state index contributed by atoms with van der Waals surface area (Å²) in [6, 6.07) is 6.78. The number of halogens is 3. The van der Waals surface area contributed by atoms with Crippen LogP contribution in [0.4, 0.5) is 18.0 Å². The van der Waals surface area contributed by atoms with Crippen molar-refractivity contribution in [3.8, 4) is 0 Å². The number of likely N-dealkylation sites (tertiary alicyclic amines) is 1. The van der Waals surface area contributed by atoms with Gasteiger partial charge in [0.1, 0.15) is 23.5 Å². The molecule has 41 heavy (non-hydrogen) atoms. The molecule has 1 aliphatic heterocycles. The van der Waals surface area contributed by atoms with Crippen LogP contribution in [0.2, 0.25) is 0 Å². The van der Waals surface area contributed by atoms with Crippen LogP contribution in [-0.2, 0) is 32.0 Å². The van der Waals surface area contributed by atoms with Crippen molar-refractivity contribution < 1.29 is 37.1 Å². The zero-order valence-corrected chi connectivity index (χ0v) is 23.2. The van der Waals surface area contributed by atoms with Gasteiger partial charge in [-0.25, -0.2) is 18.0 Å². The Kier molecular flexibility index (Phi) is 10.4. The van der Waals surface area contributed by atoms with Crippen molar-refractivity contribution in [1.82, 2.24) is 15.5 Å². The molecule has 9 nitrogen and oxygen atoms in total. The largest absolute Gasteiger partial charge is 0.444 e. The second kappa shape index (κ2) is 13.5. The quantitative estimate of drug-likeness (QED) is 0.374. The SMILES string of the molecule is CC(C)(C)OC(=O)NC(Cc1ccccc1)C(=O)N[C@@H](CC(=O)N1CCCC1C(N)=O)Cc1cc(F)c(F)cc1F. The van der Waals surface area contributed by atoms with Crippen LogP contribution in [0.3, 0.4) is 0 Å². The molecule has 0 saturated carbocycles. The summed E-state index contributed by atoms with van der Waals surface area (Å²) in [5.74, 6) is -5.65. The van der Waals surface area contributed by atoms with Gasteiger partial charge in [0.15, 0.2) is 11.6 Å². The molecule has 0 aromatic heterocycles. The molecule has 2 aromatic rings. The Morgan fingerprint density at radius 1 is 1.00 bits per heavy atom. The highest BCUT2D eigenvalue weighted by Crippen LogP contribution is 2.21. The van der Waals surface area contributed by atoms with E-state index in [-0.39, 0.29) is 24.9 Å². The van der Waals surface area contributed by atoms with Gasteiger partial charge in [0, 0.05) is 31.5 Å². The van der Waals surface area contributed by atoms with Crippen molar-refractivity contribution in [2.45, 2.75) is 76.6 Å². The lowest BCUT2D eigenvalue weighted by Gasteiger charge is -2.28. The monoisotopic (exact) mass is 576 g/mol. The molecule has 3 atom stereocenters. The fourth-order valence-corrected chi connectivity index (χ4v) is 4.66. The average molecular weight is 577 g/mol. The van der Waals surface area contributed by atoms with Crippen LogP contribution in [0.25, 0.3) is 0 Å². The van der Waals surface area contributed by atoms with Crippen molar-refractivity contribution in [3.05, 3.63) is 71.0 Å². The number of ether oxygens (including phenoxy) is 1. The summed E-state index contributed by atoms with van der Waals surface area (Å²) < 4.78 is 47.4. The number of hydrogen-bond donors (Lipinski definition) is 3. The van der Waals surface area contributed by atoms with Gasteiger partial charge in [-0.1, -0.05) is 30.3 Å². The number of alkyl carbamates (subject to hydrolysis) is 1. The highest BCUT2D eigenvalue weighted by Gasteiger charge is 2.35. The maximum absolute atomic E-state index is 14.6. The average Bonchev–Trinajstić information content (AvgIpc) is 3.37. The molecule has 4 N–H and O–H groups in total. The van der Waals surface area contributed by atoms with E-state index in [4.69, 9.17) is 10.5 Å². The van der Waals surface area contributed by atoms with Gasteiger partial charge in [-0.15, -0.1) is 0 Å². The number of nitrogens with one attached hydrogen (secondary N) is 2. The highest BCUT2D eigenvalue weighted by atomic mass is 19.2. The van der Waals surface area contributed by atoms with Crippen LogP contribution >= 0.6 is 0 Å². The summed E-state index contributed by atoms with van der Waals surface area (Å²) >= 11 is 0. The Morgan fingerprint density at radius 2 is 1.66 bits per heavy atom. The van der Waals surface area contributed by atoms with E-state index in [1.165, 1.54) is 4.90 Å². The Hall–Kier alpha value is -4.09. The van der Waals surface area contributed by atoms with Gasteiger partial charge in [0.25, 0.3) is 0 Å². The number of amides is 4. The van der Waals surface area contributed by atoms with Gasteiger partial charge < -0.3 is 26.0 Å². The second-order valence-electron chi connectivity index (χ2n) is 11.0. The number of benzene rings is 2. The molecule has 0 spiro atoms. The van der Waals surface area contributed by atoms with Crippen molar-refractivity contribution >= 4 is 23.8 Å². The lowest BCUT2D eigenvalue weighted by molar-refractivity contribution is -0.138. The van der Waals surface area contributed by atoms with Crippen molar-refractivity contribution in [2.24, 2.45) is 5.73 Å². The predicted octanol–water partition coefficient (Wildman–Crippen LogP) is 3.13. The van der Waals surface area contributed by atoms with Gasteiger partial charge in [-0.05, 0) is 57.2 Å². The normalized spacial score (nSPS) is 16.5. The first-order chi connectivity index (χ1) is 19.2. The molecule has 1 fully saturated rings. The third-order valence-electron chi connectivity index (χ3n) is 6.51. The third-order valence-corrected chi connectivity index (χ3v) is 6.51. The lowest BCUT2D eigenvalue weighted by Crippen LogP contribution is -2.53. The standard InChI is InChI=1S/C29H35F3N4O5/c1-29(2,3)41-28(40)35-23(12-17-8-5-4-6-9-17)27(39)34-19(13-18-14-21(31)22(32)16-20(18)30)15-25(37)36-11-7-10-24(36)26(33)38/h4-6,8-9,14,16,19,23-24H,7,10-13,15H2,1-3H3,(H2,33,38)(H,34,39)(H,35,40)/t19-,23?,24?/m1/s1. The van der Waals surface area contributed by atoms with E-state index in [2.05, 4.69) is 10.6 Å². The second-order valence-corrected chi connectivity index (χ2v) is 11.0. The van der Waals surface area contributed by atoms with E-state index in [0.717, 1.165) is 0 Å². The first-order valence-corrected chi connectivity index (χ1v) is 13.3. The molecule has 3 rings (SSSR count). The van der Waals surface area contributed by atoms with E-state index >= 15 is 0 Å². The minimum atomic E-state index is -1.38. The first kappa shape index (κ1) is 31.4. The van der Waals surface area contributed by atoms with Gasteiger partial charge in [0.2, 0.25) is 17.7 Å².